The van der Waals surface area contributed by atoms with E-state index in [0.717, 1.165) is 44.7 Å². The van der Waals surface area contributed by atoms with Crippen LogP contribution in [0.2, 0.25) is 0 Å². The summed E-state index contributed by atoms with van der Waals surface area (Å²) in [6.45, 7) is 2.95. The first kappa shape index (κ1) is 17.4. The number of hydrogen-bond acceptors (Lipinski definition) is 4. The number of aromatic nitrogens is 4. The third-order valence-corrected chi connectivity index (χ3v) is 6.17. The average molecular weight is 374 g/mol. The molecule has 0 atom stereocenters. The molecule has 5 heteroatoms. The fraction of sp³-hybridized carbons (Fsp3) is 0.435. The first-order chi connectivity index (χ1) is 13.9. The maximum atomic E-state index is 5.00. The van der Waals surface area contributed by atoms with Crippen LogP contribution in [0.1, 0.15) is 54.2 Å². The largest absolute Gasteiger partial charge is 0.357 e. The van der Waals surface area contributed by atoms with E-state index in [-0.39, 0.29) is 0 Å². The molecular weight excluding hydrogens is 346 g/mol. The maximum Gasteiger partial charge on any atom is 0.128 e. The Bertz CT molecular complexity index is 925. The quantitative estimate of drug-likeness (QED) is 0.694. The van der Waals surface area contributed by atoms with Crippen LogP contribution in [0, 0.1) is 0 Å². The first-order valence-corrected chi connectivity index (χ1v) is 10.5. The molecule has 0 amide bonds. The molecular formula is C23H27N5. The molecule has 5 rings (SSSR count). The van der Waals surface area contributed by atoms with Crippen LogP contribution in [-0.2, 0) is 19.4 Å². The fourth-order valence-corrected chi connectivity index (χ4v) is 4.62. The van der Waals surface area contributed by atoms with Crippen molar-refractivity contribution in [2.45, 2.75) is 51.0 Å². The van der Waals surface area contributed by atoms with Crippen LogP contribution in [-0.4, -0.2) is 32.6 Å². The lowest BCUT2D eigenvalue weighted by molar-refractivity contribution is 0.468. The van der Waals surface area contributed by atoms with Gasteiger partial charge in [-0.3, -0.25) is 4.98 Å². The van der Waals surface area contributed by atoms with Crippen molar-refractivity contribution >= 4 is 5.82 Å². The summed E-state index contributed by atoms with van der Waals surface area (Å²) >= 11 is 0. The number of pyridine rings is 2. The Morgan fingerprint density at radius 3 is 2.75 bits per heavy atom. The number of nitrogens with zero attached hydrogens (tertiary/aromatic N) is 5. The Morgan fingerprint density at radius 2 is 1.89 bits per heavy atom. The van der Waals surface area contributed by atoms with Gasteiger partial charge in [0.15, 0.2) is 0 Å². The number of rotatable bonds is 4. The van der Waals surface area contributed by atoms with Crippen LogP contribution < -0.4 is 4.90 Å². The Hall–Kier alpha value is -2.69. The van der Waals surface area contributed by atoms with Gasteiger partial charge in [0.25, 0.3) is 0 Å². The summed E-state index contributed by atoms with van der Waals surface area (Å²) in [6.07, 6.45) is 15.0. The second-order valence-corrected chi connectivity index (χ2v) is 8.02. The van der Waals surface area contributed by atoms with Crippen molar-refractivity contribution in [3.63, 3.8) is 0 Å². The van der Waals surface area contributed by atoms with Gasteiger partial charge in [-0.25, -0.2) is 9.97 Å². The highest BCUT2D eigenvalue weighted by molar-refractivity contribution is 5.43. The van der Waals surface area contributed by atoms with Crippen molar-refractivity contribution in [2.75, 3.05) is 18.0 Å². The Morgan fingerprint density at radius 1 is 1.00 bits per heavy atom. The highest BCUT2D eigenvalue weighted by Crippen LogP contribution is 2.30. The van der Waals surface area contributed by atoms with Crippen LogP contribution in [0.5, 0.6) is 0 Å². The number of aryl methyl sites for hydroxylation is 2. The second kappa shape index (κ2) is 7.74. The minimum absolute atomic E-state index is 0.514. The molecule has 2 aliphatic rings. The van der Waals surface area contributed by atoms with E-state index in [1.165, 1.54) is 41.9 Å². The summed E-state index contributed by atoms with van der Waals surface area (Å²) in [5.41, 5.74) is 4.01. The minimum atomic E-state index is 0.514. The van der Waals surface area contributed by atoms with E-state index in [4.69, 9.17) is 9.97 Å². The van der Waals surface area contributed by atoms with Gasteiger partial charge in [-0.05, 0) is 61.8 Å². The summed E-state index contributed by atoms with van der Waals surface area (Å²) < 4.78 is 2.29. The van der Waals surface area contributed by atoms with Gasteiger partial charge in [0.05, 0.1) is 6.54 Å². The van der Waals surface area contributed by atoms with Crippen molar-refractivity contribution in [3.8, 4) is 0 Å². The lowest BCUT2D eigenvalue weighted by Gasteiger charge is -2.33. The van der Waals surface area contributed by atoms with Crippen LogP contribution in [0.25, 0.3) is 0 Å². The van der Waals surface area contributed by atoms with Gasteiger partial charge in [0.1, 0.15) is 11.6 Å². The summed E-state index contributed by atoms with van der Waals surface area (Å²) in [6, 6.07) is 8.66. The van der Waals surface area contributed by atoms with Crippen LogP contribution >= 0.6 is 0 Å². The Balaban J connectivity index is 1.26. The van der Waals surface area contributed by atoms with E-state index in [1.54, 1.807) is 0 Å². The molecule has 28 heavy (non-hydrogen) atoms. The Kier molecular flexibility index (Phi) is 4.81. The number of fused-ring (bicyclic) bond motifs is 1. The molecule has 0 saturated carbocycles. The van der Waals surface area contributed by atoms with E-state index >= 15 is 0 Å². The lowest BCUT2D eigenvalue weighted by Crippen LogP contribution is -2.34. The van der Waals surface area contributed by atoms with Crippen LogP contribution in [0.3, 0.4) is 0 Å². The highest BCUT2D eigenvalue weighted by Gasteiger charge is 2.25. The molecule has 4 heterocycles. The van der Waals surface area contributed by atoms with E-state index in [1.807, 2.05) is 24.7 Å². The molecule has 1 fully saturated rings. The van der Waals surface area contributed by atoms with Gasteiger partial charge >= 0.3 is 0 Å². The molecule has 1 aliphatic heterocycles. The van der Waals surface area contributed by atoms with Crippen molar-refractivity contribution in [1.29, 1.82) is 0 Å². The molecule has 0 spiro atoms. The average Bonchev–Trinajstić information content (AvgIpc) is 3.22. The topological polar surface area (TPSA) is 46.8 Å². The molecule has 1 saturated heterocycles. The number of piperidine rings is 1. The zero-order valence-electron chi connectivity index (χ0n) is 16.3. The normalized spacial score (nSPS) is 17.5. The molecule has 0 N–H and O–H groups in total. The van der Waals surface area contributed by atoms with E-state index < -0.39 is 0 Å². The number of imidazole rings is 1. The molecule has 0 aromatic carbocycles. The van der Waals surface area contributed by atoms with Gasteiger partial charge in [0.2, 0.25) is 0 Å². The molecule has 0 radical (unpaired) electrons. The summed E-state index contributed by atoms with van der Waals surface area (Å²) in [5, 5.41) is 0. The highest BCUT2D eigenvalue weighted by atomic mass is 15.2. The van der Waals surface area contributed by atoms with Crippen LogP contribution in [0.4, 0.5) is 5.82 Å². The van der Waals surface area contributed by atoms with E-state index in [9.17, 15) is 0 Å². The molecule has 144 valence electrons. The molecule has 3 aromatic heterocycles. The van der Waals surface area contributed by atoms with E-state index in [0.29, 0.717) is 5.92 Å². The molecule has 0 unspecified atom stereocenters. The fourth-order valence-electron chi connectivity index (χ4n) is 4.62. The van der Waals surface area contributed by atoms with Gasteiger partial charge in [-0.15, -0.1) is 0 Å². The van der Waals surface area contributed by atoms with Gasteiger partial charge < -0.3 is 9.47 Å². The summed E-state index contributed by atoms with van der Waals surface area (Å²) in [7, 11) is 0. The predicted molar refractivity (Wildman–Crippen MR) is 111 cm³/mol. The summed E-state index contributed by atoms with van der Waals surface area (Å²) in [4.78, 5) is 16.4. The zero-order valence-corrected chi connectivity index (χ0v) is 16.3. The van der Waals surface area contributed by atoms with Gasteiger partial charge in [-0.2, -0.15) is 0 Å². The first-order valence-electron chi connectivity index (χ1n) is 10.5. The summed E-state index contributed by atoms with van der Waals surface area (Å²) in [5.74, 6) is 2.89. The molecule has 3 aromatic rings. The zero-order chi connectivity index (χ0) is 18.8. The lowest BCUT2D eigenvalue weighted by atomic mass is 9.94. The molecule has 0 bridgehead atoms. The maximum absolute atomic E-state index is 5.00. The smallest absolute Gasteiger partial charge is 0.128 e. The number of anilines is 1. The SMILES string of the molecule is c1cncc(Cn2ccnc2C2CCN(c3ccc4c(n3)CCCC4)CC2)c1. The van der Waals surface area contributed by atoms with E-state index in [2.05, 4.69) is 38.8 Å². The van der Waals surface area contributed by atoms with Gasteiger partial charge in [0, 0.05) is 49.5 Å². The standard InChI is InChI=1S/C23H27N5/c1-2-6-21-19(5-1)7-8-22(26-21)27-13-9-20(10-14-27)23-25-12-15-28(23)17-18-4-3-11-24-16-18/h3-4,7-8,11-12,15-16,20H,1-2,5-6,9-10,13-14,17H2. The van der Waals surface area contributed by atoms with Crippen molar-refractivity contribution in [2.24, 2.45) is 0 Å². The van der Waals surface area contributed by atoms with Gasteiger partial charge in [-0.1, -0.05) is 12.1 Å². The van der Waals surface area contributed by atoms with Crippen molar-refractivity contribution < 1.29 is 0 Å². The van der Waals surface area contributed by atoms with Crippen molar-refractivity contribution in [3.05, 3.63) is 71.7 Å². The monoisotopic (exact) mass is 373 g/mol. The number of hydrogen-bond donors (Lipinski definition) is 0. The molecule has 5 nitrogen and oxygen atoms in total. The van der Waals surface area contributed by atoms with Crippen molar-refractivity contribution in [1.82, 2.24) is 19.5 Å². The minimum Gasteiger partial charge on any atom is -0.357 e. The third-order valence-electron chi connectivity index (χ3n) is 6.17. The third kappa shape index (κ3) is 3.53. The molecule has 1 aliphatic carbocycles. The Labute approximate surface area is 166 Å². The van der Waals surface area contributed by atoms with Crippen LogP contribution in [0.15, 0.2) is 49.1 Å². The second-order valence-electron chi connectivity index (χ2n) is 8.02. The predicted octanol–water partition coefficient (Wildman–Crippen LogP) is 3.98.